The Morgan fingerprint density at radius 3 is 2.86 bits per heavy atom. The molecule has 0 aromatic heterocycles. The van der Waals surface area contributed by atoms with Gasteiger partial charge in [0.25, 0.3) is 0 Å². The fraction of sp³-hybridized carbons (Fsp3) is 1.00. The fourth-order valence-electron chi connectivity index (χ4n) is 0.241. The van der Waals surface area contributed by atoms with Crippen molar-refractivity contribution in [3.63, 3.8) is 0 Å². The molecule has 0 spiro atoms. The lowest BCUT2D eigenvalue weighted by molar-refractivity contribution is 0.440. The first-order valence-electron chi connectivity index (χ1n) is 2.23. The van der Waals surface area contributed by atoms with Crippen LogP contribution in [0.15, 0.2) is 0 Å². The second-order valence-corrected chi connectivity index (χ2v) is 2.72. The molecule has 0 aromatic carbocycles. The molecule has 0 atom stereocenters. The summed E-state index contributed by atoms with van der Waals surface area (Å²) in [5.74, 6) is 0.760. The summed E-state index contributed by atoms with van der Waals surface area (Å²) < 4.78 is 4.81. The molecule has 0 heterocycles. The Morgan fingerprint density at radius 1 is 1.71 bits per heavy atom. The van der Waals surface area contributed by atoms with E-state index in [1.165, 1.54) is 0 Å². The molecule has 0 aromatic rings. The monoisotopic (exact) mass is 136 g/mol. The van der Waals surface area contributed by atoms with E-state index in [0.29, 0.717) is 9.76 Å². The number of rotatable bonds is 4. The summed E-state index contributed by atoms with van der Waals surface area (Å²) in [4.78, 5) is 0. The Balaban J connectivity index is 2.45. The van der Waals surface area contributed by atoms with Crippen molar-refractivity contribution in [2.75, 3.05) is 13.0 Å². The van der Waals surface area contributed by atoms with E-state index in [2.05, 4.69) is 0 Å². The molecule has 0 N–H and O–H groups in total. The van der Waals surface area contributed by atoms with Gasteiger partial charge in [-0.1, -0.05) is 0 Å². The van der Waals surface area contributed by atoms with Crippen LogP contribution in [0.1, 0.15) is 6.42 Å². The van der Waals surface area contributed by atoms with Crippen molar-refractivity contribution in [1.29, 1.82) is 0 Å². The zero-order chi connectivity index (χ0) is 5.54. The molecule has 0 saturated heterocycles. The van der Waals surface area contributed by atoms with E-state index in [4.69, 9.17) is 16.0 Å². The fourth-order valence-corrected chi connectivity index (χ4v) is 1.12. The first-order chi connectivity index (χ1) is 3.41. The SMILES string of the molecule is CO[Si]CCCCl. The van der Waals surface area contributed by atoms with E-state index in [-0.39, 0.29) is 0 Å². The maximum absolute atomic E-state index is 5.39. The summed E-state index contributed by atoms with van der Waals surface area (Å²) >= 11 is 5.39. The Bertz CT molecular complexity index is 30.9. The summed E-state index contributed by atoms with van der Waals surface area (Å²) in [7, 11) is 2.35. The van der Waals surface area contributed by atoms with Crippen molar-refractivity contribution in [1.82, 2.24) is 0 Å². The summed E-state index contributed by atoms with van der Waals surface area (Å²) in [5.41, 5.74) is 0. The van der Waals surface area contributed by atoms with Crippen LogP contribution in [0.5, 0.6) is 0 Å². The lowest BCUT2D eigenvalue weighted by Gasteiger charge is -1.89. The summed E-state index contributed by atoms with van der Waals surface area (Å²) in [6.07, 6.45) is 1.08. The molecule has 0 aliphatic rings. The van der Waals surface area contributed by atoms with Gasteiger partial charge in [-0.2, -0.15) is 0 Å². The molecule has 0 amide bonds. The molecule has 0 bridgehead atoms. The molecular weight excluding hydrogens is 128 g/mol. The quantitative estimate of drug-likeness (QED) is 0.322. The minimum atomic E-state index is 0.637. The summed E-state index contributed by atoms with van der Waals surface area (Å²) in [6, 6.07) is 1.11. The molecule has 0 fully saturated rings. The van der Waals surface area contributed by atoms with Crippen molar-refractivity contribution in [2.45, 2.75) is 12.5 Å². The third kappa shape index (κ3) is 6.47. The van der Waals surface area contributed by atoms with E-state index >= 15 is 0 Å². The topological polar surface area (TPSA) is 9.23 Å². The smallest absolute Gasteiger partial charge is 0.229 e. The van der Waals surface area contributed by atoms with E-state index in [9.17, 15) is 0 Å². The van der Waals surface area contributed by atoms with Crippen molar-refractivity contribution in [3.8, 4) is 0 Å². The highest BCUT2D eigenvalue weighted by molar-refractivity contribution is 6.27. The Kier molecular flexibility index (Phi) is 6.90. The van der Waals surface area contributed by atoms with E-state index in [1.54, 1.807) is 7.11 Å². The van der Waals surface area contributed by atoms with Gasteiger partial charge in [-0.3, -0.25) is 0 Å². The van der Waals surface area contributed by atoms with Gasteiger partial charge in [0.05, 0.1) is 0 Å². The van der Waals surface area contributed by atoms with Crippen molar-refractivity contribution in [2.24, 2.45) is 0 Å². The maximum atomic E-state index is 5.39. The predicted octanol–water partition coefficient (Wildman–Crippen LogP) is 1.30. The molecule has 0 saturated carbocycles. The second-order valence-electron chi connectivity index (χ2n) is 1.14. The van der Waals surface area contributed by atoms with E-state index in [1.807, 2.05) is 0 Å². The van der Waals surface area contributed by atoms with Gasteiger partial charge >= 0.3 is 0 Å². The van der Waals surface area contributed by atoms with Gasteiger partial charge in [0, 0.05) is 13.0 Å². The molecule has 7 heavy (non-hydrogen) atoms. The van der Waals surface area contributed by atoms with Gasteiger partial charge in [-0.15, -0.1) is 11.6 Å². The number of halogens is 1. The van der Waals surface area contributed by atoms with Crippen LogP contribution in [-0.4, -0.2) is 22.8 Å². The van der Waals surface area contributed by atoms with Gasteiger partial charge in [-0.05, 0) is 12.5 Å². The first-order valence-corrected chi connectivity index (χ1v) is 3.88. The second kappa shape index (κ2) is 6.47. The Morgan fingerprint density at radius 2 is 2.43 bits per heavy atom. The maximum Gasteiger partial charge on any atom is 0.229 e. The van der Waals surface area contributed by atoms with Gasteiger partial charge in [-0.25, -0.2) is 0 Å². The van der Waals surface area contributed by atoms with Gasteiger partial charge < -0.3 is 4.43 Å². The van der Waals surface area contributed by atoms with Gasteiger partial charge in [0.2, 0.25) is 9.76 Å². The number of hydrogen-bond acceptors (Lipinski definition) is 1. The number of alkyl halides is 1. The predicted molar refractivity (Wildman–Crippen MR) is 32.9 cm³/mol. The van der Waals surface area contributed by atoms with E-state index < -0.39 is 0 Å². The standard InChI is InChI=1S/C4H9ClOSi/c1-6-7-4-2-3-5/h2-4H2,1H3. The largest absolute Gasteiger partial charge is 0.421 e. The van der Waals surface area contributed by atoms with Crippen molar-refractivity contribution in [3.05, 3.63) is 0 Å². The zero-order valence-corrected chi connectivity index (χ0v) is 6.16. The zero-order valence-electron chi connectivity index (χ0n) is 4.41. The molecule has 1 nitrogen and oxygen atoms in total. The van der Waals surface area contributed by atoms with Gasteiger partial charge in [0.1, 0.15) is 0 Å². The molecule has 3 heteroatoms. The summed E-state index contributed by atoms with van der Waals surface area (Å²) in [6.45, 7) is 0. The normalized spacial score (nSPS) is 9.43. The third-order valence-electron chi connectivity index (χ3n) is 0.557. The van der Waals surface area contributed by atoms with E-state index in [0.717, 1.165) is 18.3 Å². The lowest BCUT2D eigenvalue weighted by Crippen LogP contribution is -1.91. The molecule has 42 valence electrons. The third-order valence-corrected chi connectivity index (χ3v) is 1.67. The number of hydrogen-bond donors (Lipinski definition) is 0. The minimum Gasteiger partial charge on any atom is -0.421 e. The molecule has 0 unspecified atom stereocenters. The van der Waals surface area contributed by atoms with Crippen LogP contribution in [0.3, 0.4) is 0 Å². The van der Waals surface area contributed by atoms with Crippen molar-refractivity contribution >= 4 is 21.4 Å². The molecule has 0 rings (SSSR count). The van der Waals surface area contributed by atoms with Crippen LogP contribution >= 0.6 is 11.6 Å². The van der Waals surface area contributed by atoms with Crippen LogP contribution in [0.4, 0.5) is 0 Å². The average Bonchev–Trinajstić information content (AvgIpc) is 1.69. The highest BCUT2D eigenvalue weighted by Crippen LogP contribution is 1.89. The van der Waals surface area contributed by atoms with Crippen LogP contribution < -0.4 is 0 Å². The minimum absolute atomic E-state index is 0.637. The van der Waals surface area contributed by atoms with Gasteiger partial charge in [0.15, 0.2) is 0 Å². The molecular formula is C4H9ClOSi. The van der Waals surface area contributed by atoms with Crippen LogP contribution in [0.25, 0.3) is 0 Å². The van der Waals surface area contributed by atoms with Crippen LogP contribution in [-0.2, 0) is 4.43 Å². The molecule has 2 radical (unpaired) electrons. The average molecular weight is 137 g/mol. The van der Waals surface area contributed by atoms with Crippen molar-refractivity contribution < 1.29 is 4.43 Å². The highest BCUT2D eigenvalue weighted by Gasteiger charge is 1.84. The Hall–Kier alpha value is 0.467. The lowest BCUT2D eigenvalue weighted by atomic mass is 10.6. The van der Waals surface area contributed by atoms with Crippen LogP contribution in [0.2, 0.25) is 6.04 Å². The molecule has 0 aliphatic carbocycles. The van der Waals surface area contributed by atoms with Crippen LogP contribution in [0, 0.1) is 0 Å². The highest BCUT2D eigenvalue weighted by atomic mass is 35.5. The molecule has 0 aliphatic heterocycles. The Labute approximate surface area is 51.9 Å². The summed E-state index contributed by atoms with van der Waals surface area (Å²) in [5, 5.41) is 0. The first kappa shape index (κ1) is 7.47.